The Bertz CT molecular complexity index is 249. The summed E-state index contributed by atoms with van der Waals surface area (Å²) in [7, 11) is -0.609. The molecular formula is C11H16S. The molecule has 0 fully saturated rings. The SMILES string of the molecule is C=CS(C)(C)Cc1ccccc1. The lowest BCUT2D eigenvalue weighted by Crippen LogP contribution is -1.94. The Morgan fingerprint density at radius 3 is 2.33 bits per heavy atom. The first-order valence-corrected chi connectivity index (χ1v) is 6.70. The zero-order valence-electron chi connectivity index (χ0n) is 7.79. The van der Waals surface area contributed by atoms with Gasteiger partial charge in [-0.1, -0.05) is 42.3 Å². The van der Waals surface area contributed by atoms with Crippen LogP contribution in [-0.4, -0.2) is 12.5 Å². The number of hydrogen-bond donors (Lipinski definition) is 0. The number of hydrogen-bond acceptors (Lipinski definition) is 0. The molecule has 0 aliphatic carbocycles. The van der Waals surface area contributed by atoms with Gasteiger partial charge in [-0.25, -0.2) is 10.0 Å². The number of rotatable bonds is 3. The average molecular weight is 180 g/mol. The first-order valence-electron chi connectivity index (χ1n) is 4.01. The molecule has 0 N–H and O–H groups in total. The third-order valence-electron chi connectivity index (χ3n) is 1.83. The van der Waals surface area contributed by atoms with Gasteiger partial charge in [0.2, 0.25) is 0 Å². The Balaban J connectivity index is 2.70. The molecular weight excluding hydrogens is 164 g/mol. The van der Waals surface area contributed by atoms with Crippen LogP contribution in [0.2, 0.25) is 0 Å². The third kappa shape index (κ3) is 2.74. The van der Waals surface area contributed by atoms with Crippen LogP contribution < -0.4 is 0 Å². The zero-order chi connectivity index (χ0) is 9.03. The predicted molar refractivity (Wildman–Crippen MR) is 59.8 cm³/mol. The molecule has 0 spiro atoms. The standard InChI is InChI=1S/C11H16S/c1-4-12(2,3)10-11-8-6-5-7-9-11/h4-9H,1,10H2,2-3H3. The van der Waals surface area contributed by atoms with Gasteiger partial charge in [0.25, 0.3) is 0 Å². The second-order valence-corrected chi connectivity index (χ2v) is 7.29. The molecule has 12 heavy (non-hydrogen) atoms. The summed E-state index contributed by atoms with van der Waals surface area (Å²) >= 11 is 0. The van der Waals surface area contributed by atoms with Crippen molar-refractivity contribution in [1.29, 1.82) is 0 Å². The van der Waals surface area contributed by atoms with Crippen molar-refractivity contribution in [2.75, 3.05) is 12.5 Å². The molecule has 1 aromatic carbocycles. The topological polar surface area (TPSA) is 0 Å². The van der Waals surface area contributed by atoms with Gasteiger partial charge in [-0.3, -0.25) is 0 Å². The van der Waals surface area contributed by atoms with Crippen molar-refractivity contribution in [2.24, 2.45) is 0 Å². The van der Waals surface area contributed by atoms with E-state index in [9.17, 15) is 0 Å². The highest BCUT2D eigenvalue weighted by atomic mass is 32.3. The van der Waals surface area contributed by atoms with Crippen molar-refractivity contribution in [3.8, 4) is 0 Å². The van der Waals surface area contributed by atoms with E-state index in [1.807, 2.05) is 0 Å². The maximum absolute atomic E-state index is 3.87. The maximum atomic E-state index is 3.87. The summed E-state index contributed by atoms with van der Waals surface area (Å²) in [6, 6.07) is 10.6. The van der Waals surface area contributed by atoms with Gasteiger partial charge in [-0.2, -0.15) is 0 Å². The van der Waals surface area contributed by atoms with Gasteiger partial charge in [0.15, 0.2) is 0 Å². The van der Waals surface area contributed by atoms with Crippen molar-refractivity contribution < 1.29 is 0 Å². The molecule has 0 amide bonds. The summed E-state index contributed by atoms with van der Waals surface area (Å²) < 4.78 is 0. The molecule has 0 atom stereocenters. The van der Waals surface area contributed by atoms with Crippen molar-refractivity contribution >= 4 is 10.0 Å². The van der Waals surface area contributed by atoms with Crippen LogP contribution in [0, 0.1) is 0 Å². The highest BCUT2D eigenvalue weighted by molar-refractivity contribution is 8.34. The lowest BCUT2D eigenvalue weighted by Gasteiger charge is -2.26. The molecule has 1 rings (SSSR count). The average Bonchev–Trinajstić information content (AvgIpc) is 2.06. The van der Waals surface area contributed by atoms with Gasteiger partial charge in [0.1, 0.15) is 0 Å². The minimum absolute atomic E-state index is 0.609. The van der Waals surface area contributed by atoms with Crippen LogP contribution >= 0.6 is 10.0 Å². The van der Waals surface area contributed by atoms with Gasteiger partial charge in [0, 0.05) is 5.75 Å². The van der Waals surface area contributed by atoms with Crippen LogP contribution in [0.4, 0.5) is 0 Å². The van der Waals surface area contributed by atoms with Crippen molar-refractivity contribution in [3.63, 3.8) is 0 Å². The fraction of sp³-hybridized carbons (Fsp3) is 0.273. The fourth-order valence-corrected chi connectivity index (χ4v) is 2.23. The Labute approximate surface area is 76.6 Å². The minimum Gasteiger partial charge on any atom is -0.223 e. The number of benzene rings is 1. The first kappa shape index (κ1) is 9.40. The monoisotopic (exact) mass is 180 g/mol. The molecule has 0 aliphatic heterocycles. The van der Waals surface area contributed by atoms with E-state index in [2.05, 4.69) is 54.8 Å². The molecule has 0 aromatic heterocycles. The Morgan fingerprint density at radius 1 is 1.25 bits per heavy atom. The summed E-state index contributed by atoms with van der Waals surface area (Å²) in [5, 5.41) is 2.10. The van der Waals surface area contributed by atoms with Crippen molar-refractivity contribution in [1.82, 2.24) is 0 Å². The van der Waals surface area contributed by atoms with Gasteiger partial charge >= 0.3 is 0 Å². The molecule has 0 unspecified atom stereocenters. The van der Waals surface area contributed by atoms with Crippen LogP contribution in [0.5, 0.6) is 0 Å². The van der Waals surface area contributed by atoms with E-state index < -0.39 is 10.0 Å². The second kappa shape index (κ2) is 3.81. The lowest BCUT2D eigenvalue weighted by atomic mass is 10.2. The van der Waals surface area contributed by atoms with Crippen molar-refractivity contribution in [3.05, 3.63) is 47.9 Å². The van der Waals surface area contributed by atoms with E-state index in [1.165, 1.54) is 5.56 Å². The first-order chi connectivity index (χ1) is 5.64. The fourth-order valence-electron chi connectivity index (χ4n) is 1.06. The van der Waals surface area contributed by atoms with E-state index in [4.69, 9.17) is 0 Å². The molecule has 0 heterocycles. The summed E-state index contributed by atoms with van der Waals surface area (Å²) in [5.41, 5.74) is 1.41. The van der Waals surface area contributed by atoms with Gasteiger partial charge in [-0.15, -0.1) is 0 Å². The third-order valence-corrected chi connectivity index (χ3v) is 3.81. The predicted octanol–water partition coefficient (Wildman–Crippen LogP) is 3.39. The normalized spacial score (nSPS) is 12.5. The van der Waals surface area contributed by atoms with E-state index in [0.717, 1.165) is 5.75 Å². The minimum atomic E-state index is -0.609. The van der Waals surface area contributed by atoms with E-state index in [0.29, 0.717) is 0 Å². The largest absolute Gasteiger partial charge is 0.223 e. The smallest absolute Gasteiger partial charge is 0.00531 e. The second-order valence-electron chi connectivity index (χ2n) is 3.42. The molecule has 0 saturated heterocycles. The molecule has 0 aliphatic rings. The lowest BCUT2D eigenvalue weighted by molar-refractivity contribution is 1.40. The van der Waals surface area contributed by atoms with Gasteiger partial charge in [0.05, 0.1) is 0 Å². The Kier molecular flexibility index (Phi) is 2.99. The molecule has 1 aromatic rings. The summed E-state index contributed by atoms with van der Waals surface area (Å²) in [6.07, 6.45) is 4.57. The molecule has 0 radical (unpaired) electrons. The Hall–Kier alpha value is -0.690. The van der Waals surface area contributed by atoms with Crippen LogP contribution in [0.15, 0.2) is 42.3 Å². The van der Waals surface area contributed by atoms with Gasteiger partial charge < -0.3 is 0 Å². The highest BCUT2D eigenvalue weighted by Crippen LogP contribution is 2.44. The summed E-state index contributed by atoms with van der Waals surface area (Å²) in [4.78, 5) is 0. The van der Waals surface area contributed by atoms with Crippen LogP contribution in [-0.2, 0) is 5.75 Å². The molecule has 0 saturated carbocycles. The summed E-state index contributed by atoms with van der Waals surface area (Å²) in [6.45, 7) is 3.87. The molecule has 66 valence electrons. The zero-order valence-corrected chi connectivity index (χ0v) is 8.60. The van der Waals surface area contributed by atoms with E-state index in [1.54, 1.807) is 0 Å². The maximum Gasteiger partial charge on any atom is 0.00531 e. The van der Waals surface area contributed by atoms with E-state index >= 15 is 0 Å². The van der Waals surface area contributed by atoms with E-state index in [-0.39, 0.29) is 0 Å². The quantitative estimate of drug-likeness (QED) is 0.669. The van der Waals surface area contributed by atoms with Crippen LogP contribution in [0.25, 0.3) is 0 Å². The van der Waals surface area contributed by atoms with Crippen molar-refractivity contribution in [2.45, 2.75) is 5.75 Å². The molecule has 1 heteroatoms. The highest BCUT2D eigenvalue weighted by Gasteiger charge is 2.06. The molecule has 0 nitrogen and oxygen atoms in total. The Morgan fingerprint density at radius 2 is 1.83 bits per heavy atom. The summed E-state index contributed by atoms with van der Waals surface area (Å²) in [5.74, 6) is 1.15. The molecule has 0 bridgehead atoms. The van der Waals surface area contributed by atoms with Crippen LogP contribution in [0.1, 0.15) is 5.56 Å². The van der Waals surface area contributed by atoms with Crippen LogP contribution in [0.3, 0.4) is 0 Å². The van der Waals surface area contributed by atoms with Gasteiger partial charge in [-0.05, 0) is 18.1 Å².